The van der Waals surface area contributed by atoms with E-state index in [0.29, 0.717) is 45.4 Å². The monoisotopic (exact) mass is 618 g/mol. The van der Waals surface area contributed by atoms with Gasteiger partial charge in [0.1, 0.15) is 6.04 Å². The van der Waals surface area contributed by atoms with E-state index in [-0.39, 0.29) is 25.9 Å². The van der Waals surface area contributed by atoms with Crippen LogP contribution in [0, 0.1) is 5.92 Å². The first-order valence-electron chi connectivity index (χ1n) is 14.1. The molecule has 3 amide bonds. The van der Waals surface area contributed by atoms with Gasteiger partial charge in [0.05, 0.1) is 25.5 Å². The Morgan fingerprint density at radius 3 is 2.38 bits per heavy atom. The standard InChI is InChI=1S/C32H34N4O9/c1-5-42-32(40)21-7-10-23(11-8-21)34-28(37)17-43-24-12-6-20(14-26(24)41-4)16-33-36-31(39)29(19(2)3)35-30(38)22-9-13-25-27(15-22)45-18-44-25/h6-16,19,29H,5,17-18H2,1-4H3,(H,34,37)(H,35,38)(H,36,39)/b33-16+. The third-order valence-corrected chi connectivity index (χ3v) is 6.49. The summed E-state index contributed by atoms with van der Waals surface area (Å²) < 4.78 is 26.6. The number of rotatable bonds is 13. The zero-order valence-electron chi connectivity index (χ0n) is 25.2. The lowest BCUT2D eigenvalue weighted by molar-refractivity contribution is -0.124. The Morgan fingerprint density at radius 1 is 0.933 bits per heavy atom. The van der Waals surface area contributed by atoms with Crippen LogP contribution in [-0.2, 0) is 14.3 Å². The van der Waals surface area contributed by atoms with E-state index >= 15 is 0 Å². The van der Waals surface area contributed by atoms with E-state index in [4.69, 9.17) is 23.7 Å². The Labute approximate surface area is 259 Å². The molecule has 0 spiro atoms. The zero-order valence-corrected chi connectivity index (χ0v) is 25.2. The molecule has 236 valence electrons. The van der Waals surface area contributed by atoms with Crippen LogP contribution in [0.3, 0.4) is 0 Å². The van der Waals surface area contributed by atoms with Crippen molar-refractivity contribution >= 4 is 35.6 Å². The molecule has 0 aromatic heterocycles. The maximum absolute atomic E-state index is 12.9. The number of hydrogen-bond acceptors (Lipinski definition) is 10. The summed E-state index contributed by atoms with van der Waals surface area (Å²) in [7, 11) is 1.45. The summed E-state index contributed by atoms with van der Waals surface area (Å²) in [6.45, 7) is 5.39. The fraction of sp³-hybridized carbons (Fsp3) is 0.281. The molecule has 3 aromatic carbocycles. The van der Waals surface area contributed by atoms with Crippen LogP contribution in [0.15, 0.2) is 65.8 Å². The summed E-state index contributed by atoms with van der Waals surface area (Å²) in [5, 5.41) is 9.45. The smallest absolute Gasteiger partial charge is 0.338 e. The SMILES string of the molecule is CCOC(=O)c1ccc(NC(=O)COc2ccc(/C=N/NC(=O)C(NC(=O)c3ccc4c(c3)OCO4)C(C)C)cc2OC)cc1. The number of methoxy groups -OCH3 is 1. The first-order valence-corrected chi connectivity index (χ1v) is 14.1. The van der Waals surface area contributed by atoms with E-state index in [1.165, 1.54) is 13.3 Å². The molecular formula is C32H34N4O9. The highest BCUT2D eigenvalue weighted by atomic mass is 16.7. The summed E-state index contributed by atoms with van der Waals surface area (Å²) in [5.74, 6) is -0.343. The molecule has 0 saturated carbocycles. The van der Waals surface area contributed by atoms with Crippen LogP contribution in [0.1, 0.15) is 47.1 Å². The molecule has 0 saturated heterocycles. The molecule has 1 unspecified atom stereocenters. The molecule has 0 bridgehead atoms. The van der Waals surface area contributed by atoms with Gasteiger partial charge in [-0.05, 0) is 79.1 Å². The Kier molecular flexibility index (Phi) is 10.9. The molecule has 0 radical (unpaired) electrons. The Morgan fingerprint density at radius 2 is 1.67 bits per heavy atom. The second-order valence-electron chi connectivity index (χ2n) is 10.0. The number of esters is 1. The Hall–Kier alpha value is -5.59. The Balaban J connectivity index is 1.29. The number of hydrazone groups is 1. The molecule has 13 nitrogen and oxygen atoms in total. The van der Waals surface area contributed by atoms with Gasteiger partial charge in [-0.2, -0.15) is 5.10 Å². The van der Waals surface area contributed by atoms with Crippen LogP contribution in [0.2, 0.25) is 0 Å². The lowest BCUT2D eigenvalue weighted by atomic mass is 10.0. The van der Waals surface area contributed by atoms with Gasteiger partial charge in [0.2, 0.25) is 6.79 Å². The second-order valence-corrected chi connectivity index (χ2v) is 10.0. The quantitative estimate of drug-likeness (QED) is 0.148. The number of amides is 3. The molecule has 4 rings (SSSR count). The summed E-state index contributed by atoms with van der Waals surface area (Å²) in [6, 6.07) is 15.1. The van der Waals surface area contributed by atoms with Crippen LogP contribution in [0.5, 0.6) is 23.0 Å². The lowest BCUT2D eigenvalue weighted by Crippen LogP contribution is -2.48. The Bertz CT molecular complexity index is 1570. The van der Waals surface area contributed by atoms with E-state index in [2.05, 4.69) is 21.2 Å². The van der Waals surface area contributed by atoms with E-state index in [9.17, 15) is 19.2 Å². The maximum atomic E-state index is 12.9. The second kappa shape index (κ2) is 15.2. The third-order valence-electron chi connectivity index (χ3n) is 6.49. The van der Waals surface area contributed by atoms with Gasteiger partial charge in [0, 0.05) is 11.3 Å². The predicted octanol–water partition coefficient (Wildman–Crippen LogP) is 3.52. The fourth-order valence-electron chi connectivity index (χ4n) is 4.17. The lowest BCUT2D eigenvalue weighted by Gasteiger charge is -2.20. The van der Waals surface area contributed by atoms with Gasteiger partial charge in [0.25, 0.3) is 17.7 Å². The predicted molar refractivity (Wildman–Crippen MR) is 164 cm³/mol. The normalized spacial score (nSPS) is 12.4. The average Bonchev–Trinajstić information content (AvgIpc) is 3.51. The van der Waals surface area contributed by atoms with Gasteiger partial charge in [0.15, 0.2) is 29.6 Å². The highest BCUT2D eigenvalue weighted by Crippen LogP contribution is 2.32. The fourth-order valence-corrected chi connectivity index (χ4v) is 4.17. The van der Waals surface area contributed by atoms with E-state index in [0.717, 1.165) is 0 Å². The molecule has 1 aliphatic heterocycles. The summed E-state index contributed by atoms with van der Waals surface area (Å²) >= 11 is 0. The molecule has 0 fully saturated rings. The van der Waals surface area contributed by atoms with Crippen LogP contribution in [-0.4, -0.2) is 63.1 Å². The average molecular weight is 619 g/mol. The van der Waals surface area contributed by atoms with E-state index in [1.54, 1.807) is 81.4 Å². The molecule has 3 N–H and O–H groups in total. The third kappa shape index (κ3) is 8.72. The van der Waals surface area contributed by atoms with Crippen molar-refractivity contribution in [1.82, 2.24) is 10.7 Å². The molecule has 3 aromatic rings. The topological polar surface area (TPSA) is 163 Å². The zero-order chi connectivity index (χ0) is 32.3. The minimum Gasteiger partial charge on any atom is -0.493 e. The highest BCUT2D eigenvalue weighted by molar-refractivity contribution is 5.98. The number of nitrogens with zero attached hydrogens (tertiary/aromatic N) is 1. The number of carbonyl (C=O) groups excluding carboxylic acids is 4. The van der Waals surface area contributed by atoms with Gasteiger partial charge >= 0.3 is 5.97 Å². The maximum Gasteiger partial charge on any atom is 0.338 e. The van der Waals surface area contributed by atoms with Crippen molar-refractivity contribution in [1.29, 1.82) is 0 Å². The van der Waals surface area contributed by atoms with Crippen molar-refractivity contribution in [3.05, 3.63) is 77.4 Å². The minimum atomic E-state index is -0.855. The van der Waals surface area contributed by atoms with Crippen LogP contribution in [0.25, 0.3) is 0 Å². The molecule has 13 heteroatoms. The van der Waals surface area contributed by atoms with Crippen molar-refractivity contribution in [2.45, 2.75) is 26.8 Å². The molecule has 45 heavy (non-hydrogen) atoms. The molecule has 1 atom stereocenters. The first-order chi connectivity index (χ1) is 21.7. The van der Waals surface area contributed by atoms with Gasteiger partial charge in [-0.25, -0.2) is 10.2 Å². The van der Waals surface area contributed by atoms with Gasteiger partial charge in [-0.15, -0.1) is 0 Å². The number of benzene rings is 3. The van der Waals surface area contributed by atoms with E-state index in [1.807, 2.05) is 0 Å². The van der Waals surface area contributed by atoms with Gasteiger partial charge < -0.3 is 34.3 Å². The van der Waals surface area contributed by atoms with Crippen LogP contribution >= 0.6 is 0 Å². The summed E-state index contributed by atoms with van der Waals surface area (Å²) in [4.78, 5) is 49.9. The van der Waals surface area contributed by atoms with Crippen molar-refractivity contribution in [2.24, 2.45) is 11.0 Å². The number of ether oxygens (including phenoxy) is 5. The molecule has 1 heterocycles. The van der Waals surface area contributed by atoms with Crippen molar-refractivity contribution in [2.75, 3.05) is 32.4 Å². The van der Waals surface area contributed by atoms with Crippen LogP contribution in [0.4, 0.5) is 5.69 Å². The number of hydrogen-bond donors (Lipinski definition) is 3. The summed E-state index contributed by atoms with van der Waals surface area (Å²) in [5.41, 5.74) is 4.24. The summed E-state index contributed by atoms with van der Waals surface area (Å²) in [6.07, 6.45) is 1.41. The van der Waals surface area contributed by atoms with Crippen molar-refractivity contribution in [3.8, 4) is 23.0 Å². The van der Waals surface area contributed by atoms with Crippen LogP contribution < -0.4 is 35.0 Å². The minimum absolute atomic E-state index is 0.0887. The number of anilines is 1. The number of carbonyl (C=O) groups is 4. The molecular weight excluding hydrogens is 584 g/mol. The molecule has 0 aliphatic carbocycles. The van der Waals surface area contributed by atoms with Gasteiger partial charge in [-0.3, -0.25) is 14.4 Å². The number of fused-ring (bicyclic) bond motifs is 1. The van der Waals surface area contributed by atoms with E-state index < -0.39 is 29.7 Å². The van der Waals surface area contributed by atoms with Crippen molar-refractivity contribution in [3.63, 3.8) is 0 Å². The first kappa shape index (κ1) is 32.3. The van der Waals surface area contributed by atoms with Gasteiger partial charge in [-0.1, -0.05) is 13.8 Å². The van der Waals surface area contributed by atoms with Crippen molar-refractivity contribution < 1.29 is 42.9 Å². The number of nitrogens with one attached hydrogen (secondary N) is 3. The highest BCUT2D eigenvalue weighted by Gasteiger charge is 2.25. The largest absolute Gasteiger partial charge is 0.493 e. The molecule has 1 aliphatic rings.